The van der Waals surface area contributed by atoms with Gasteiger partial charge in [0, 0.05) is 19.4 Å². The van der Waals surface area contributed by atoms with E-state index in [2.05, 4.69) is 48.3 Å². The summed E-state index contributed by atoms with van der Waals surface area (Å²) >= 11 is 0. The molecule has 0 bridgehead atoms. The van der Waals surface area contributed by atoms with E-state index in [1.807, 2.05) is 24.3 Å². The molecule has 1 aliphatic rings. The molecule has 1 aliphatic heterocycles. The van der Waals surface area contributed by atoms with Crippen LogP contribution >= 0.6 is 0 Å². The molecule has 114 valence electrons. The lowest BCUT2D eigenvalue weighted by Gasteiger charge is -2.20. The minimum atomic E-state index is 0.822. The molecule has 23 heavy (non-hydrogen) atoms. The molecule has 0 saturated carbocycles. The maximum absolute atomic E-state index is 6.28. The van der Waals surface area contributed by atoms with Crippen molar-refractivity contribution in [2.45, 2.75) is 6.92 Å². The Kier molecular flexibility index (Phi) is 2.37. The number of hydrogen-bond donors (Lipinski definition) is 0. The summed E-state index contributed by atoms with van der Waals surface area (Å²) in [6.07, 6.45) is 4.16. The molecular formula is C19H16N2O2. The van der Waals surface area contributed by atoms with Crippen molar-refractivity contribution in [3.8, 4) is 0 Å². The van der Waals surface area contributed by atoms with Crippen LogP contribution in [0.4, 0.5) is 5.69 Å². The normalized spacial score (nSPS) is 14.9. The van der Waals surface area contributed by atoms with Crippen molar-refractivity contribution in [1.82, 2.24) is 4.90 Å². The van der Waals surface area contributed by atoms with Gasteiger partial charge >= 0.3 is 0 Å². The summed E-state index contributed by atoms with van der Waals surface area (Å²) in [5.41, 5.74) is 5.73. The topological polar surface area (TPSA) is 32.8 Å². The fourth-order valence-corrected chi connectivity index (χ4v) is 3.39. The highest BCUT2D eigenvalue weighted by atomic mass is 16.4. The average Bonchev–Trinajstić information content (AvgIpc) is 3.21. The van der Waals surface area contributed by atoms with Crippen LogP contribution in [0.2, 0.25) is 0 Å². The fraction of sp³-hybridized carbons (Fsp3) is 0.158. The van der Waals surface area contributed by atoms with Crippen molar-refractivity contribution in [3.63, 3.8) is 0 Å². The Balaban J connectivity index is 1.86. The van der Waals surface area contributed by atoms with E-state index in [0.717, 1.165) is 45.5 Å². The van der Waals surface area contributed by atoms with Gasteiger partial charge in [-0.2, -0.15) is 0 Å². The van der Waals surface area contributed by atoms with Crippen molar-refractivity contribution in [1.29, 1.82) is 0 Å². The number of benzene rings is 2. The van der Waals surface area contributed by atoms with E-state index in [0.29, 0.717) is 0 Å². The summed E-state index contributed by atoms with van der Waals surface area (Å²) in [6.45, 7) is 2.94. The number of nitrogens with zero attached hydrogens (tertiary/aromatic N) is 2. The third kappa shape index (κ3) is 1.66. The molecule has 5 rings (SSSR count). The highest BCUT2D eigenvalue weighted by molar-refractivity contribution is 6.15. The Morgan fingerprint density at radius 1 is 0.870 bits per heavy atom. The molecule has 0 unspecified atom stereocenters. The lowest BCUT2D eigenvalue weighted by atomic mass is 10.1. The van der Waals surface area contributed by atoms with Gasteiger partial charge in [0.15, 0.2) is 16.7 Å². The molecule has 0 spiro atoms. The van der Waals surface area contributed by atoms with Crippen LogP contribution in [0.15, 0.2) is 57.6 Å². The maximum Gasteiger partial charge on any atom is 0.181 e. The van der Waals surface area contributed by atoms with Crippen molar-refractivity contribution in [2.24, 2.45) is 0 Å². The summed E-state index contributed by atoms with van der Waals surface area (Å²) in [5.74, 6) is 0. The minimum absolute atomic E-state index is 0.822. The van der Waals surface area contributed by atoms with Crippen molar-refractivity contribution < 1.29 is 8.83 Å². The molecule has 4 heteroatoms. The van der Waals surface area contributed by atoms with Gasteiger partial charge in [-0.15, -0.1) is 0 Å². The second kappa shape index (κ2) is 4.32. The quantitative estimate of drug-likeness (QED) is 0.504. The van der Waals surface area contributed by atoms with Crippen LogP contribution < -0.4 is 4.90 Å². The Hall–Kier alpha value is -2.88. The smallest absolute Gasteiger partial charge is 0.181 e. The lowest BCUT2D eigenvalue weighted by molar-refractivity contribution is 0.495. The van der Waals surface area contributed by atoms with Gasteiger partial charge < -0.3 is 18.6 Å². The summed E-state index contributed by atoms with van der Waals surface area (Å²) in [5, 5.41) is 2.05. The molecule has 0 atom stereocenters. The number of furan rings is 2. The van der Waals surface area contributed by atoms with Gasteiger partial charge in [0.2, 0.25) is 0 Å². The van der Waals surface area contributed by atoms with Gasteiger partial charge in [-0.05, 0) is 30.7 Å². The molecular weight excluding hydrogens is 288 g/mol. The first-order valence-corrected chi connectivity index (χ1v) is 7.71. The number of hydrogen-bond acceptors (Lipinski definition) is 4. The van der Waals surface area contributed by atoms with Crippen LogP contribution in [0.3, 0.4) is 0 Å². The van der Waals surface area contributed by atoms with Crippen LogP contribution in [0.25, 0.3) is 33.1 Å². The lowest BCUT2D eigenvalue weighted by Crippen LogP contribution is -2.22. The number of aryl methyl sites for hydroxylation is 1. The Morgan fingerprint density at radius 2 is 1.70 bits per heavy atom. The van der Waals surface area contributed by atoms with E-state index in [1.165, 1.54) is 5.56 Å². The zero-order chi connectivity index (χ0) is 15.6. The molecule has 0 saturated heterocycles. The summed E-state index contributed by atoms with van der Waals surface area (Å²) in [4.78, 5) is 4.35. The predicted octanol–water partition coefficient (Wildman–Crippen LogP) is 4.82. The Bertz CT molecular complexity index is 1090. The second-order valence-corrected chi connectivity index (χ2v) is 6.13. The molecule has 0 radical (unpaired) electrons. The molecule has 4 aromatic rings. The Morgan fingerprint density at radius 3 is 2.52 bits per heavy atom. The highest BCUT2D eigenvalue weighted by Crippen LogP contribution is 2.41. The molecule has 4 nitrogen and oxygen atoms in total. The Labute approximate surface area is 133 Å². The SMILES string of the molecule is Cc1ccc2c(oc3c4ccccc4oc23)c1N1C=CN(C)C1. The first-order valence-electron chi connectivity index (χ1n) is 7.71. The largest absolute Gasteiger partial charge is 0.452 e. The number of fused-ring (bicyclic) bond motifs is 5. The third-order valence-corrected chi connectivity index (χ3v) is 4.50. The van der Waals surface area contributed by atoms with Crippen molar-refractivity contribution >= 4 is 38.8 Å². The molecule has 2 aromatic heterocycles. The van der Waals surface area contributed by atoms with Gasteiger partial charge in [-0.3, -0.25) is 0 Å². The van der Waals surface area contributed by atoms with E-state index >= 15 is 0 Å². The summed E-state index contributed by atoms with van der Waals surface area (Å²) in [7, 11) is 2.06. The van der Waals surface area contributed by atoms with Gasteiger partial charge in [-0.1, -0.05) is 18.2 Å². The molecule has 0 amide bonds. The van der Waals surface area contributed by atoms with Gasteiger partial charge in [0.05, 0.1) is 23.1 Å². The van der Waals surface area contributed by atoms with Crippen LogP contribution in [-0.2, 0) is 0 Å². The molecule has 0 N–H and O–H groups in total. The zero-order valence-electron chi connectivity index (χ0n) is 13.0. The standard InChI is InChI=1S/C19H16N2O2/c1-12-7-8-14-17(16(12)21-10-9-20(2)11-21)23-18-13-5-3-4-6-15(13)22-19(14)18/h3-10H,11H2,1-2H3. The summed E-state index contributed by atoms with van der Waals surface area (Å²) < 4.78 is 12.3. The van der Waals surface area contributed by atoms with Crippen LogP contribution in [0.5, 0.6) is 0 Å². The molecule has 2 aromatic carbocycles. The summed E-state index contributed by atoms with van der Waals surface area (Å²) in [6, 6.07) is 12.2. The third-order valence-electron chi connectivity index (χ3n) is 4.50. The van der Waals surface area contributed by atoms with Gasteiger partial charge in [0.25, 0.3) is 0 Å². The van der Waals surface area contributed by atoms with Gasteiger partial charge in [0.1, 0.15) is 5.58 Å². The van der Waals surface area contributed by atoms with Crippen molar-refractivity contribution in [2.75, 3.05) is 18.6 Å². The molecule has 0 fully saturated rings. The minimum Gasteiger partial charge on any atom is -0.452 e. The van der Waals surface area contributed by atoms with Crippen molar-refractivity contribution in [3.05, 3.63) is 54.4 Å². The second-order valence-electron chi connectivity index (χ2n) is 6.13. The monoisotopic (exact) mass is 304 g/mol. The molecule has 0 aliphatic carbocycles. The maximum atomic E-state index is 6.28. The molecule has 3 heterocycles. The van der Waals surface area contributed by atoms with E-state index in [1.54, 1.807) is 0 Å². The zero-order valence-corrected chi connectivity index (χ0v) is 13.0. The van der Waals surface area contributed by atoms with E-state index in [-0.39, 0.29) is 0 Å². The number of anilines is 1. The van der Waals surface area contributed by atoms with Crippen LogP contribution in [0, 0.1) is 6.92 Å². The van der Waals surface area contributed by atoms with Gasteiger partial charge in [-0.25, -0.2) is 0 Å². The number of para-hydroxylation sites is 1. The highest BCUT2D eigenvalue weighted by Gasteiger charge is 2.22. The van der Waals surface area contributed by atoms with Crippen LogP contribution in [-0.4, -0.2) is 18.6 Å². The fourth-order valence-electron chi connectivity index (χ4n) is 3.39. The van der Waals surface area contributed by atoms with E-state index < -0.39 is 0 Å². The first kappa shape index (κ1) is 12.6. The number of rotatable bonds is 1. The first-order chi connectivity index (χ1) is 11.2. The van der Waals surface area contributed by atoms with Crippen LogP contribution in [0.1, 0.15) is 5.56 Å². The average molecular weight is 304 g/mol. The predicted molar refractivity (Wildman–Crippen MR) is 92.5 cm³/mol. The van der Waals surface area contributed by atoms with E-state index in [4.69, 9.17) is 8.83 Å². The van der Waals surface area contributed by atoms with E-state index in [9.17, 15) is 0 Å².